The Bertz CT molecular complexity index is 1120. The van der Waals surface area contributed by atoms with Crippen LogP contribution in [0.5, 0.6) is 5.75 Å². The average molecular weight is 425 g/mol. The van der Waals surface area contributed by atoms with Gasteiger partial charge < -0.3 is 14.5 Å². The van der Waals surface area contributed by atoms with Crippen LogP contribution < -0.4 is 10.1 Å². The molecule has 0 spiro atoms. The van der Waals surface area contributed by atoms with Crippen LogP contribution in [0.25, 0.3) is 17.4 Å². The molecule has 0 unspecified atom stereocenters. The summed E-state index contributed by atoms with van der Waals surface area (Å²) in [5, 5.41) is 3.91. The highest BCUT2D eigenvalue weighted by molar-refractivity contribution is 8.18. The third kappa shape index (κ3) is 4.55. The summed E-state index contributed by atoms with van der Waals surface area (Å²) in [4.78, 5) is 17.4. The molecular formula is C22H17ClN2O3S. The van der Waals surface area contributed by atoms with E-state index in [0.717, 1.165) is 5.56 Å². The summed E-state index contributed by atoms with van der Waals surface area (Å²) in [6, 6.07) is 18.5. The zero-order chi connectivity index (χ0) is 20.2. The van der Waals surface area contributed by atoms with E-state index in [0.29, 0.717) is 44.7 Å². The molecule has 2 aromatic carbocycles. The molecule has 7 heteroatoms. The third-order valence-electron chi connectivity index (χ3n) is 4.05. The number of amides is 1. The molecule has 4 rings (SSSR count). The Kier molecular flexibility index (Phi) is 5.74. The summed E-state index contributed by atoms with van der Waals surface area (Å²) in [5.74, 6) is 1.71. The number of benzene rings is 2. The van der Waals surface area contributed by atoms with Crippen molar-refractivity contribution in [2.75, 3.05) is 6.61 Å². The van der Waals surface area contributed by atoms with Crippen LogP contribution in [-0.2, 0) is 4.79 Å². The molecule has 0 bridgehead atoms. The van der Waals surface area contributed by atoms with Crippen molar-refractivity contribution >= 4 is 46.2 Å². The van der Waals surface area contributed by atoms with E-state index in [-0.39, 0.29) is 5.91 Å². The van der Waals surface area contributed by atoms with Crippen LogP contribution in [0, 0.1) is 0 Å². The molecule has 1 aromatic heterocycles. The molecule has 1 fully saturated rings. The van der Waals surface area contributed by atoms with E-state index in [4.69, 9.17) is 20.8 Å². The lowest BCUT2D eigenvalue weighted by atomic mass is 10.2. The second kappa shape index (κ2) is 8.59. The zero-order valence-corrected chi connectivity index (χ0v) is 17.1. The number of hydrogen-bond donors (Lipinski definition) is 1. The van der Waals surface area contributed by atoms with Crippen LogP contribution >= 0.6 is 23.4 Å². The van der Waals surface area contributed by atoms with Crippen molar-refractivity contribution in [2.24, 2.45) is 4.99 Å². The number of para-hydroxylation sites is 2. The summed E-state index contributed by atoms with van der Waals surface area (Å²) >= 11 is 7.30. The summed E-state index contributed by atoms with van der Waals surface area (Å²) < 4.78 is 11.4. The van der Waals surface area contributed by atoms with Crippen molar-refractivity contribution in [2.45, 2.75) is 6.92 Å². The first kappa shape index (κ1) is 19.4. The molecule has 0 atom stereocenters. The topological polar surface area (TPSA) is 63.8 Å². The molecule has 0 saturated carbocycles. The molecule has 29 heavy (non-hydrogen) atoms. The Balaban J connectivity index is 1.55. The maximum Gasteiger partial charge on any atom is 0.264 e. The van der Waals surface area contributed by atoms with Crippen LogP contribution in [0.4, 0.5) is 5.69 Å². The molecule has 1 aliphatic heterocycles. The summed E-state index contributed by atoms with van der Waals surface area (Å²) in [7, 11) is 0. The van der Waals surface area contributed by atoms with Gasteiger partial charge in [0.2, 0.25) is 0 Å². The molecule has 0 aliphatic carbocycles. The predicted octanol–water partition coefficient (Wildman–Crippen LogP) is 5.89. The van der Waals surface area contributed by atoms with Crippen LogP contribution in [0.3, 0.4) is 0 Å². The number of nitrogens with one attached hydrogen (secondary N) is 1. The Morgan fingerprint density at radius 1 is 1.17 bits per heavy atom. The van der Waals surface area contributed by atoms with Crippen molar-refractivity contribution in [3.05, 3.63) is 76.4 Å². The van der Waals surface area contributed by atoms with Gasteiger partial charge in [-0.3, -0.25) is 4.79 Å². The fourth-order valence-electron chi connectivity index (χ4n) is 2.77. The number of carbonyl (C=O) groups excluding carboxylic acids is 1. The van der Waals surface area contributed by atoms with E-state index in [9.17, 15) is 4.79 Å². The van der Waals surface area contributed by atoms with E-state index in [2.05, 4.69) is 10.3 Å². The highest BCUT2D eigenvalue weighted by Gasteiger charge is 2.24. The van der Waals surface area contributed by atoms with E-state index in [1.807, 2.05) is 61.5 Å². The van der Waals surface area contributed by atoms with Gasteiger partial charge >= 0.3 is 0 Å². The number of rotatable bonds is 5. The minimum Gasteiger partial charge on any atom is -0.492 e. The zero-order valence-electron chi connectivity index (χ0n) is 15.5. The first-order valence-corrected chi connectivity index (χ1v) is 10.2. The number of furan rings is 1. The highest BCUT2D eigenvalue weighted by atomic mass is 35.5. The predicted molar refractivity (Wildman–Crippen MR) is 118 cm³/mol. The molecule has 5 nitrogen and oxygen atoms in total. The molecule has 1 N–H and O–H groups in total. The molecule has 3 aromatic rings. The maximum atomic E-state index is 12.3. The minimum atomic E-state index is -0.219. The lowest BCUT2D eigenvalue weighted by molar-refractivity contribution is -0.115. The highest BCUT2D eigenvalue weighted by Crippen LogP contribution is 2.33. The second-order valence-electron chi connectivity index (χ2n) is 6.09. The number of halogens is 1. The Hall–Kier alpha value is -2.96. The standard InChI is InChI=1S/C22H17ClN2O3S/c1-2-27-19-9-4-3-8-17(19)24-22-25-21(26)20(29-22)13-16-10-11-18(28-16)14-6-5-7-15(23)12-14/h3-13H,2H2,1H3,(H,24,25,26)/b20-13+. The molecular weight excluding hydrogens is 408 g/mol. The number of ether oxygens (including phenoxy) is 1. The van der Waals surface area contributed by atoms with E-state index < -0.39 is 0 Å². The second-order valence-corrected chi connectivity index (χ2v) is 7.56. The number of hydrogen-bond acceptors (Lipinski definition) is 5. The smallest absolute Gasteiger partial charge is 0.264 e. The van der Waals surface area contributed by atoms with Gasteiger partial charge in [-0.05, 0) is 55.1 Å². The number of nitrogens with zero attached hydrogens (tertiary/aromatic N) is 1. The van der Waals surface area contributed by atoms with Gasteiger partial charge in [-0.25, -0.2) is 4.99 Å². The fraction of sp³-hybridized carbons (Fsp3) is 0.0909. The lowest BCUT2D eigenvalue weighted by Crippen LogP contribution is -2.19. The summed E-state index contributed by atoms with van der Waals surface area (Å²) in [6.07, 6.45) is 1.70. The van der Waals surface area contributed by atoms with Gasteiger partial charge in [0.15, 0.2) is 5.17 Å². The average Bonchev–Trinajstić information content (AvgIpc) is 3.31. The van der Waals surface area contributed by atoms with Crippen molar-refractivity contribution < 1.29 is 13.9 Å². The monoisotopic (exact) mass is 424 g/mol. The van der Waals surface area contributed by atoms with Crippen molar-refractivity contribution in [1.82, 2.24) is 5.32 Å². The van der Waals surface area contributed by atoms with Gasteiger partial charge in [0.25, 0.3) is 5.91 Å². The molecule has 146 valence electrons. The first-order chi connectivity index (χ1) is 14.1. The molecule has 1 saturated heterocycles. The SMILES string of the molecule is CCOc1ccccc1N=C1NC(=O)/C(=C\c2ccc(-c3cccc(Cl)c3)o2)S1. The largest absolute Gasteiger partial charge is 0.492 e. The lowest BCUT2D eigenvalue weighted by Gasteiger charge is -2.06. The van der Waals surface area contributed by atoms with Crippen LogP contribution in [-0.4, -0.2) is 17.7 Å². The Morgan fingerprint density at radius 3 is 2.86 bits per heavy atom. The summed E-state index contributed by atoms with van der Waals surface area (Å²) in [5.41, 5.74) is 1.54. The molecule has 1 aliphatic rings. The number of thioether (sulfide) groups is 1. The van der Waals surface area contributed by atoms with Crippen molar-refractivity contribution in [3.8, 4) is 17.1 Å². The number of carbonyl (C=O) groups is 1. The van der Waals surface area contributed by atoms with Gasteiger partial charge in [-0.1, -0.05) is 35.9 Å². The number of amidine groups is 1. The molecule has 1 amide bonds. The Morgan fingerprint density at radius 2 is 2.03 bits per heavy atom. The van der Waals surface area contributed by atoms with Crippen LogP contribution in [0.1, 0.15) is 12.7 Å². The van der Waals surface area contributed by atoms with Crippen molar-refractivity contribution in [3.63, 3.8) is 0 Å². The van der Waals surface area contributed by atoms with Crippen LogP contribution in [0.2, 0.25) is 5.02 Å². The quantitative estimate of drug-likeness (QED) is 0.518. The maximum absolute atomic E-state index is 12.3. The van der Waals surface area contributed by atoms with E-state index >= 15 is 0 Å². The fourth-order valence-corrected chi connectivity index (χ4v) is 3.78. The Labute approximate surface area is 177 Å². The van der Waals surface area contributed by atoms with Crippen molar-refractivity contribution in [1.29, 1.82) is 0 Å². The molecule has 0 radical (unpaired) electrons. The normalized spacial score (nSPS) is 16.4. The third-order valence-corrected chi connectivity index (χ3v) is 5.19. The van der Waals surface area contributed by atoms with Gasteiger partial charge in [0.05, 0.1) is 11.5 Å². The van der Waals surface area contributed by atoms with E-state index in [1.54, 1.807) is 12.1 Å². The van der Waals surface area contributed by atoms with Gasteiger partial charge in [0, 0.05) is 16.7 Å². The van der Waals surface area contributed by atoms with E-state index in [1.165, 1.54) is 11.8 Å². The van der Waals surface area contributed by atoms with Gasteiger partial charge in [-0.15, -0.1) is 0 Å². The van der Waals surface area contributed by atoms with Gasteiger partial charge in [-0.2, -0.15) is 0 Å². The number of aliphatic imine (C=N–C) groups is 1. The van der Waals surface area contributed by atoms with Crippen LogP contribution in [0.15, 0.2) is 75.0 Å². The van der Waals surface area contributed by atoms with Gasteiger partial charge in [0.1, 0.15) is 23.0 Å². The first-order valence-electron chi connectivity index (χ1n) is 8.99. The summed E-state index contributed by atoms with van der Waals surface area (Å²) in [6.45, 7) is 2.46. The minimum absolute atomic E-state index is 0.219. The molecule has 2 heterocycles.